The highest BCUT2D eigenvalue weighted by atomic mass is 127. The lowest BCUT2D eigenvalue weighted by Crippen LogP contribution is -2.40. The number of halogens is 2. The maximum Gasteiger partial charge on any atom is 0.338 e. The third-order valence-corrected chi connectivity index (χ3v) is 9.76. The molecule has 6 rings (SSSR count). The van der Waals surface area contributed by atoms with Crippen LogP contribution in [-0.4, -0.2) is 17.1 Å². The van der Waals surface area contributed by atoms with E-state index in [4.69, 9.17) is 14.5 Å². The Morgan fingerprint density at radius 3 is 2.44 bits per heavy atom. The predicted octanol–water partition coefficient (Wildman–Crippen LogP) is 6.74. The van der Waals surface area contributed by atoms with Gasteiger partial charge in [-0.05, 0) is 105 Å². The van der Waals surface area contributed by atoms with E-state index in [1.165, 1.54) is 11.3 Å². The van der Waals surface area contributed by atoms with Crippen molar-refractivity contribution in [2.75, 3.05) is 6.61 Å². The van der Waals surface area contributed by atoms with Gasteiger partial charge >= 0.3 is 5.97 Å². The van der Waals surface area contributed by atoms with Crippen LogP contribution in [0, 0.1) is 7.14 Å². The standard InChI is InChI=1S/C34H26I2N2O4S/c1-3-41-33(40)29-20(2)37-34-38(30(29)25-15-9-13-23-12-7-8-14-24(23)25)32(39)28(43-34)18-22-16-26(35)31(27(36)17-22)42-19-21-10-5-4-6-11-21/h4-18,30H,3,19H2,1-2H3/b28-18+/t30-/m0/s1. The second-order valence-electron chi connectivity index (χ2n) is 9.96. The Kier molecular flexibility index (Phi) is 8.83. The molecule has 0 bridgehead atoms. The van der Waals surface area contributed by atoms with E-state index in [-0.39, 0.29) is 12.2 Å². The summed E-state index contributed by atoms with van der Waals surface area (Å²) in [6, 6.07) is 27.3. The van der Waals surface area contributed by atoms with E-state index in [0.29, 0.717) is 27.2 Å². The lowest BCUT2D eigenvalue weighted by atomic mass is 9.91. The summed E-state index contributed by atoms with van der Waals surface area (Å²) in [5.41, 5.74) is 3.55. The molecule has 216 valence electrons. The molecule has 0 saturated heterocycles. The van der Waals surface area contributed by atoms with Crippen LogP contribution in [0.3, 0.4) is 0 Å². The molecule has 1 aliphatic rings. The first-order valence-corrected chi connectivity index (χ1v) is 16.7. The zero-order valence-electron chi connectivity index (χ0n) is 23.3. The normalized spacial score (nSPS) is 14.9. The van der Waals surface area contributed by atoms with Gasteiger partial charge in [0.1, 0.15) is 12.4 Å². The topological polar surface area (TPSA) is 69.9 Å². The monoisotopic (exact) mass is 812 g/mol. The Bertz CT molecular complexity index is 2060. The Labute approximate surface area is 279 Å². The number of hydrogen-bond donors (Lipinski definition) is 0. The highest BCUT2D eigenvalue weighted by Gasteiger charge is 2.34. The van der Waals surface area contributed by atoms with Gasteiger partial charge < -0.3 is 9.47 Å². The molecule has 5 aromatic rings. The molecular formula is C34H26I2N2O4S. The lowest BCUT2D eigenvalue weighted by Gasteiger charge is -2.25. The minimum absolute atomic E-state index is 0.203. The molecule has 0 saturated carbocycles. The third kappa shape index (κ3) is 5.94. The van der Waals surface area contributed by atoms with Crippen molar-refractivity contribution in [3.05, 3.63) is 140 Å². The Morgan fingerprint density at radius 1 is 1.00 bits per heavy atom. The number of fused-ring (bicyclic) bond motifs is 2. The largest absolute Gasteiger partial charge is 0.487 e. The average molecular weight is 812 g/mol. The van der Waals surface area contributed by atoms with Gasteiger partial charge in [-0.3, -0.25) is 9.36 Å². The average Bonchev–Trinajstić information content (AvgIpc) is 3.30. The van der Waals surface area contributed by atoms with E-state index < -0.39 is 12.0 Å². The zero-order chi connectivity index (χ0) is 30.1. The maximum atomic E-state index is 14.1. The van der Waals surface area contributed by atoms with E-state index in [0.717, 1.165) is 40.4 Å². The van der Waals surface area contributed by atoms with Gasteiger partial charge in [-0.1, -0.05) is 84.1 Å². The van der Waals surface area contributed by atoms with Crippen molar-refractivity contribution < 1.29 is 14.3 Å². The summed E-state index contributed by atoms with van der Waals surface area (Å²) in [6.45, 7) is 4.28. The van der Waals surface area contributed by atoms with Crippen LogP contribution in [-0.2, 0) is 16.1 Å². The van der Waals surface area contributed by atoms with E-state index in [1.807, 2.05) is 91.0 Å². The van der Waals surface area contributed by atoms with Gasteiger partial charge in [-0.15, -0.1) is 0 Å². The van der Waals surface area contributed by atoms with Crippen molar-refractivity contribution in [1.29, 1.82) is 0 Å². The number of esters is 1. The number of hydrogen-bond acceptors (Lipinski definition) is 6. The van der Waals surface area contributed by atoms with Crippen LogP contribution in [0.4, 0.5) is 0 Å². The highest BCUT2D eigenvalue weighted by molar-refractivity contribution is 14.1. The van der Waals surface area contributed by atoms with Gasteiger partial charge in [0.2, 0.25) is 0 Å². The second kappa shape index (κ2) is 12.7. The fourth-order valence-corrected chi connectivity index (χ4v) is 8.43. The summed E-state index contributed by atoms with van der Waals surface area (Å²) in [6.07, 6.45) is 1.89. The number of rotatable bonds is 7. The molecule has 0 spiro atoms. The highest BCUT2D eigenvalue weighted by Crippen LogP contribution is 2.35. The van der Waals surface area contributed by atoms with Crippen LogP contribution in [0.25, 0.3) is 16.8 Å². The minimum Gasteiger partial charge on any atom is -0.487 e. The van der Waals surface area contributed by atoms with E-state index in [9.17, 15) is 9.59 Å². The summed E-state index contributed by atoms with van der Waals surface area (Å²) < 4.78 is 15.7. The molecule has 4 aromatic carbocycles. The van der Waals surface area contributed by atoms with E-state index in [2.05, 4.69) is 45.2 Å². The molecule has 1 aliphatic heterocycles. The predicted molar refractivity (Wildman–Crippen MR) is 187 cm³/mol. The molecular weight excluding hydrogens is 786 g/mol. The number of benzene rings is 4. The molecule has 1 aromatic heterocycles. The van der Waals surface area contributed by atoms with E-state index >= 15 is 0 Å². The van der Waals surface area contributed by atoms with E-state index in [1.54, 1.807) is 18.4 Å². The van der Waals surface area contributed by atoms with Crippen molar-refractivity contribution in [3.8, 4) is 5.75 Å². The Morgan fingerprint density at radius 2 is 1.70 bits per heavy atom. The Balaban J connectivity index is 1.46. The van der Waals surface area contributed by atoms with Crippen LogP contribution in [0.1, 0.15) is 36.6 Å². The van der Waals surface area contributed by atoms with Crippen molar-refractivity contribution >= 4 is 79.3 Å². The first kappa shape index (κ1) is 29.8. The van der Waals surface area contributed by atoms with Crippen molar-refractivity contribution in [2.24, 2.45) is 4.99 Å². The number of ether oxygens (including phenoxy) is 2. The maximum absolute atomic E-state index is 14.1. The fourth-order valence-electron chi connectivity index (χ4n) is 5.26. The zero-order valence-corrected chi connectivity index (χ0v) is 28.5. The van der Waals surface area contributed by atoms with Crippen LogP contribution >= 0.6 is 56.5 Å². The fraction of sp³-hybridized carbons (Fsp3) is 0.147. The summed E-state index contributed by atoms with van der Waals surface area (Å²) in [4.78, 5) is 32.7. The van der Waals surface area contributed by atoms with Gasteiger partial charge in [0.05, 0.1) is 35.6 Å². The molecule has 6 nitrogen and oxygen atoms in total. The van der Waals surface area contributed by atoms with Crippen LogP contribution in [0.5, 0.6) is 5.75 Å². The van der Waals surface area contributed by atoms with Crippen LogP contribution in [0.2, 0.25) is 0 Å². The smallest absolute Gasteiger partial charge is 0.338 e. The number of carbonyl (C=O) groups excluding carboxylic acids is 1. The van der Waals surface area contributed by atoms with Crippen LogP contribution < -0.4 is 19.6 Å². The molecule has 2 heterocycles. The van der Waals surface area contributed by atoms with Crippen LogP contribution in [0.15, 0.2) is 106 Å². The minimum atomic E-state index is -0.669. The molecule has 0 amide bonds. The first-order chi connectivity index (χ1) is 20.9. The SMILES string of the molecule is CCOC(=O)C1=C(C)N=c2s/c(=C/c3cc(I)c(OCc4ccccc4)c(I)c3)c(=O)n2[C@H]1c1cccc2ccccc12. The summed E-state index contributed by atoms with van der Waals surface area (Å²) in [5, 5.41) is 2.00. The van der Waals surface area contributed by atoms with Gasteiger partial charge in [0, 0.05) is 0 Å². The lowest BCUT2D eigenvalue weighted by molar-refractivity contribution is -0.139. The molecule has 0 radical (unpaired) electrons. The van der Waals surface area contributed by atoms with Crippen molar-refractivity contribution in [1.82, 2.24) is 4.57 Å². The van der Waals surface area contributed by atoms with Crippen molar-refractivity contribution in [3.63, 3.8) is 0 Å². The third-order valence-electron chi connectivity index (χ3n) is 7.18. The molecule has 43 heavy (non-hydrogen) atoms. The summed E-state index contributed by atoms with van der Waals surface area (Å²) >= 11 is 5.87. The Hall–Kier alpha value is -3.29. The summed E-state index contributed by atoms with van der Waals surface area (Å²) in [5.74, 6) is 0.348. The number of allylic oxidation sites excluding steroid dienone is 1. The van der Waals surface area contributed by atoms with Gasteiger partial charge in [-0.2, -0.15) is 0 Å². The summed E-state index contributed by atoms with van der Waals surface area (Å²) in [7, 11) is 0. The second-order valence-corrected chi connectivity index (χ2v) is 13.3. The van der Waals surface area contributed by atoms with Gasteiger partial charge in [0.25, 0.3) is 5.56 Å². The quantitative estimate of drug-likeness (QED) is 0.135. The number of thiazole rings is 1. The number of nitrogens with zero attached hydrogens (tertiary/aromatic N) is 2. The van der Waals surface area contributed by atoms with Gasteiger partial charge in [0.15, 0.2) is 4.80 Å². The molecule has 1 atom stereocenters. The van der Waals surface area contributed by atoms with Gasteiger partial charge in [-0.25, -0.2) is 9.79 Å². The molecule has 0 N–H and O–H groups in total. The van der Waals surface area contributed by atoms with Crippen molar-refractivity contribution in [2.45, 2.75) is 26.5 Å². The number of aromatic nitrogens is 1. The molecule has 9 heteroatoms. The molecule has 0 unspecified atom stereocenters. The first-order valence-electron chi connectivity index (χ1n) is 13.7. The number of carbonyl (C=O) groups is 1. The molecule has 0 aliphatic carbocycles. The molecule has 0 fully saturated rings.